The molecular weight excluding hydrogens is 441 g/mol. The predicted molar refractivity (Wildman–Crippen MR) is 114 cm³/mol. The van der Waals surface area contributed by atoms with Crippen LogP contribution in [-0.4, -0.2) is 26.3 Å². The van der Waals surface area contributed by atoms with Crippen molar-refractivity contribution in [3.8, 4) is 11.5 Å². The van der Waals surface area contributed by atoms with E-state index in [1.807, 2.05) is 18.2 Å². The van der Waals surface area contributed by atoms with Crippen LogP contribution in [0, 0.1) is 0 Å². The Morgan fingerprint density at radius 3 is 2.58 bits per heavy atom. The standard InChI is InChI=1S/C20H23N3O2.HI/c1-21-19(22-12-15-6-5-9-17-18(15)25-14-24-17)23-13-20(10-11-20)16-7-3-2-4-8-16;/h2-9H,10-14H2,1H3,(H2,21,22,23);1H. The summed E-state index contributed by atoms with van der Waals surface area (Å²) in [5, 5.41) is 6.85. The number of guanidine groups is 1. The maximum Gasteiger partial charge on any atom is 0.231 e. The smallest absolute Gasteiger partial charge is 0.231 e. The second-order valence-electron chi connectivity index (χ2n) is 6.58. The summed E-state index contributed by atoms with van der Waals surface area (Å²) in [5.74, 6) is 2.44. The van der Waals surface area contributed by atoms with E-state index in [1.54, 1.807) is 7.05 Å². The summed E-state index contributed by atoms with van der Waals surface area (Å²) in [6.07, 6.45) is 2.44. The SMILES string of the molecule is CN=C(NCc1cccc2c1OCO2)NCC1(c2ccccc2)CC1.I. The van der Waals surface area contributed by atoms with Gasteiger partial charge in [-0.05, 0) is 24.5 Å². The van der Waals surface area contributed by atoms with Crippen molar-refractivity contribution in [2.75, 3.05) is 20.4 Å². The minimum absolute atomic E-state index is 0. The Morgan fingerprint density at radius 1 is 1.04 bits per heavy atom. The molecule has 138 valence electrons. The summed E-state index contributed by atoms with van der Waals surface area (Å²) < 4.78 is 11.0. The Morgan fingerprint density at radius 2 is 1.85 bits per heavy atom. The molecule has 1 heterocycles. The third-order valence-electron chi connectivity index (χ3n) is 4.98. The number of hydrogen-bond acceptors (Lipinski definition) is 3. The van der Waals surface area contributed by atoms with Gasteiger partial charge in [-0.2, -0.15) is 0 Å². The Labute approximate surface area is 171 Å². The van der Waals surface area contributed by atoms with E-state index in [4.69, 9.17) is 9.47 Å². The number of nitrogens with one attached hydrogen (secondary N) is 2. The Balaban J connectivity index is 0.00000196. The van der Waals surface area contributed by atoms with Crippen LogP contribution in [0.4, 0.5) is 0 Å². The number of fused-ring (bicyclic) bond motifs is 1. The van der Waals surface area contributed by atoms with E-state index in [-0.39, 0.29) is 29.4 Å². The second-order valence-corrected chi connectivity index (χ2v) is 6.58. The first kappa shape index (κ1) is 18.8. The van der Waals surface area contributed by atoms with Gasteiger partial charge in [-0.25, -0.2) is 0 Å². The summed E-state index contributed by atoms with van der Waals surface area (Å²) in [6.45, 7) is 1.83. The fraction of sp³-hybridized carbons (Fsp3) is 0.350. The zero-order valence-corrected chi connectivity index (χ0v) is 17.2. The number of aliphatic imine (C=N–C) groups is 1. The molecule has 1 saturated carbocycles. The molecule has 0 amide bonds. The van der Waals surface area contributed by atoms with Crippen LogP contribution in [0.2, 0.25) is 0 Å². The van der Waals surface area contributed by atoms with Crippen LogP contribution in [0.1, 0.15) is 24.0 Å². The third-order valence-corrected chi connectivity index (χ3v) is 4.98. The van der Waals surface area contributed by atoms with Crippen LogP contribution in [0.5, 0.6) is 11.5 Å². The molecule has 2 aliphatic rings. The molecule has 2 N–H and O–H groups in total. The molecule has 4 rings (SSSR count). The summed E-state index contributed by atoms with van der Waals surface area (Å²) in [7, 11) is 1.80. The highest BCUT2D eigenvalue weighted by Gasteiger charge is 2.43. The molecule has 1 fully saturated rings. The minimum Gasteiger partial charge on any atom is -0.454 e. The van der Waals surface area contributed by atoms with E-state index >= 15 is 0 Å². The van der Waals surface area contributed by atoms with Crippen LogP contribution in [-0.2, 0) is 12.0 Å². The fourth-order valence-electron chi connectivity index (χ4n) is 3.29. The van der Waals surface area contributed by atoms with Crippen molar-refractivity contribution in [1.82, 2.24) is 10.6 Å². The van der Waals surface area contributed by atoms with Crippen LogP contribution in [0.25, 0.3) is 0 Å². The summed E-state index contributed by atoms with van der Waals surface area (Å²) in [6, 6.07) is 16.7. The van der Waals surface area contributed by atoms with Gasteiger partial charge in [0.2, 0.25) is 6.79 Å². The molecule has 6 heteroatoms. The average molecular weight is 465 g/mol. The van der Waals surface area contributed by atoms with E-state index in [2.05, 4.69) is 46.0 Å². The maximum atomic E-state index is 5.56. The van der Waals surface area contributed by atoms with Gasteiger partial charge < -0.3 is 20.1 Å². The monoisotopic (exact) mass is 465 g/mol. The van der Waals surface area contributed by atoms with E-state index in [9.17, 15) is 0 Å². The Hall–Kier alpha value is -1.96. The molecule has 0 aromatic heterocycles. The van der Waals surface area contributed by atoms with Gasteiger partial charge in [0.25, 0.3) is 0 Å². The Kier molecular flexibility index (Phi) is 5.90. The van der Waals surface area contributed by atoms with Crippen LogP contribution >= 0.6 is 24.0 Å². The highest BCUT2D eigenvalue weighted by atomic mass is 127. The molecule has 0 radical (unpaired) electrons. The number of rotatable bonds is 5. The number of halogens is 1. The van der Waals surface area contributed by atoms with Crippen molar-refractivity contribution in [2.24, 2.45) is 4.99 Å². The molecule has 1 aliphatic heterocycles. The van der Waals surface area contributed by atoms with E-state index in [1.165, 1.54) is 18.4 Å². The van der Waals surface area contributed by atoms with Gasteiger partial charge in [0.15, 0.2) is 17.5 Å². The first-order chi connectivity index (χ1) is 12.3. The minimum atomic E-state index is 0. The van der Waals surface area contributed by atoms with Crippen molar-refractivity contribution in [1.29, 1.82) is 0 Å². The quantitative estimate of drug-likeness (QED) is 0.404. The molecule has 0 atom stereocenters. The highest BCUT2D eigenvalue weighted by Crippen LogP contribution is 2.47. The lowest BCUT2D eigenvalue weighted by molar-refractivity contribution is 0.173. The molecule has 0 bridgehead atoms. The van der Waals surface area contributed by atoms with E-state index in [0.29, 0.717) is 13.3 Å². The largest absolute Gasteiger partial charge is 0.454 e. The van der Waals surface area contributed by atoms with E-state index < -0.39 is 0 Å². The normalized spacial score (nSPS) is 16.6. The van der Waals surface area contributed by atoms with Crippen LogP contribution < -0.4 is 20.1 Å². The fourth-order valence-corrected chi connectivity index (χ4v) is 3.29. The zero-order valence-electron chi connectivity index (χ0n) is 14.8. The molecule has 26 heavy (non-hydrogen) atoms. The molecule has 5 nitrogen and oxygen atoms in total. The number of ether oxygens (including phenoxy) is 2. The molecule has 0 unspecified atom stereocenters. The highest BCUT2D eigenvalue weighted by molar-refractivity contribution is 14.0. The van der Waals surface area contributed by atoms with Crippen LogP contribution in [0.3, 0.4) is 0 Å². The molecule has 0 spiro atoms. The van der Waals surface area contributed by atoms with Crippen molar-refractivity contribution in [2.45, 2.75) is 24.8 Å². The summed E-state index contributed by atoms with van der Waals surface area (Å²) >= 11 is 0. The zero-order chi connectivity index (χ0) is 17.1. The van der Waals surface area contributed by atoms with Gasteiger partial charge in [0, 0.05) is 31.1 Å². The van der Waals surface area contributed by atoms with Gasteiger partial charge >= 0.3 is 0 Å². The van der Waals surface area contributed by atoms with Gasteiger partial charge in [0.05, 0.1) is 0 Å². The number of hydrogen-bond donors (Lipinski definition) is 2. The number of benzene rings is 2. The maximum absolute atomic E-state index is 5.56. The lowest BCUT2D eigenvalue weighted by Gasteiger charge is -2.19. The lowest BCUT2D eigenvalue weighted by atomic mass is 9.96. The van der Waals surface area contributed by atoms with Gasteiger partial charge in [-0.3, -0.25) is 4.99 Å². The topological polar surface area (TPSA) is 54.9 Å². The van der Waals surface area contributed by atoms with Crippen molar-refractivity contribution < 1.29 is 9.47 Å². The molecular formula is C20H24IN3O2. The van der Waals surface area contributed by atoms with Gasteiger partial charge in [-0.15, -0.1) is 24.0 Å². The first-order valence-electron chi connectivity index (χ1n) is 8.68. The lowest BCUT2D eigenvalue weighted by Crippen LogP contribution is -2.40. The Bertz CT molecular complexity index is 776. The molecule has 0 saturated heterocycles. The van der Waals surface area contributed by atoms with E-state index in [0.717, 1.165) is 29.6 Å². The number of para-hydroxylation sites is 1. The molecule has 2 aromatic carbocycles. The van der Waals surface area contributed by atoms with Crippen molar-refractivity contribution in [3.63, 3.8) is 0 Å². The third kappa shape index (κ3) is 3.90. The van der Waals surface area contributed by atoms with Crippen molar-refractivity contribution >= 4 is 29.9 Å². The molecule has 1 aliphatic carbocycles. The predicted octanol–water partition coefficient (Wildman–Crippen LogP) is 3.43. The average Bonchev–Trinajstić information content (AvgIpc) is 3.30. The van der Waals surface area contributed by atoms with Crippen molar-refractivity contribution in [3.05, 3.63) is 59.7 Å². The van der Waals surface area contributed by atoms with Gasteiger partial charge in [-0.1, -0.05) is 42.5 Å². The summed E-state index contributed by atoms with van der Waals surface area (Å²) in [5.41, 5.74) is 2.73. The first-order valence-corrected chi connectivity index (χ1v) is 8.68. The molecule has 2 aromatic rings. The van der Waals surface area contributed by atoms with Gasteiger partial charge in [0.1, 0.15) is 0 Å². The second kappa shape index (κ2) is 8.16. The number of nitrogens with zero attached hydrogens (tertiary/aromatic N) is 1. The summed E-state index contributed by atoms with van der Waals surface area (Å²) in [4.78, 5) is 4.34. The van der Waals surface area contributed by atoms with Crippen LogP contribution in [0.15, 0.2) is 53.5 Å².